The fraction of sp³-hybridized carbons (Fsp3) is 1.00. The molecule has 0 aromatic rings. The van der Waals surface area contributed by atoms with Crippen molar-refractivity contribution in [1.29, 1.82) is 0 Å². The predicted octanol–water partition coefficient (Wildman–Crippen LogP) is 2.99. The Labute approximate surface area is 113 Å². The molecule has 108 valence electrons. The predicted molar refractivity (Wildman–Crippen MR) is 75.9 cm³/mol. The summed E-state index contributed by atoms with van der Waals surface area (Å²) >= 11 is 0. The second-order valence-electron chi connectivity index (χ2n) is 5.48. The Balaban J connectivity index is 2.73. The van der Waals surface area contributed by atoms with Crippen LogP contribution in [-0.4, -0.2) is 38.0 Å². The van der Waals surface area contributed by atoms with Gasteiger partial charge in [-0.2, -0.15) is 0 Å². The molecule has 2 atom stereocenters. The van der Waals surface area contributed by atoms with Crippen molar-refractivity contribution in [2.75, 3.05) is 26.4 Å². The molecule has 1 heterocycles. The molecule has 0 saturated carbocycles. The first-order valence-corrected chi connectivity index (χ1v) is 7.63. The molecule has 0 bridgehead atoms. The highest BCUT2D eigenvalue weighted by molar-refractivity contribution is 4.94. The van der Waals surface area contributed by atoms with Crippen LogP contribution in [0.5, 0.6) is 0 Å². The number of hydrogen-bond donors (Lipinski definition) is 1. The molecule has 0 aliphatic carbocycles. The first-order valence-electron chi connectivity index (χ1n) is 7.63. The van der Waals surface area contributed by atoms with Crippen molar-refractivity contribution in [3.63, 3.8) is 0 Å². The van der Waals surface area contributed by atoms with Crippen molar-refractivity contribution in [2.24, 2.45) is 5.92 Å². The van der Waals surface area contributed by atoms with Gasteiger partial charge in [0.1, 0.15) is 0 Å². The van der Waals surface area contributed by atoms with Crippen LogP contribution >= 0.6 is 0 Å². The third-order valence-corrected chi connectivity index (χ3v) is 4.19. The monoisotopic (exact) mass is 257 g/mol. The number of hydrogen-bond acceptors (Lipinski definition) is 3. The van der Waals surface area contributed by atoms with Gasteiger partial charge < -0.3 is 14.8 Å². The van der Waals surface area contributed by atoms with E-state index in [1.165, 1.54) is 6.42 Å². The lowest BCUT2D eigenvalue weighted by Crippen LogP contribution is -2.55. The number of nitrogens with one attached hydrogen (secondary N) is 1. The van der Waals surface area contributed by atoms with E-state index in [1.807, 2.05) is 0 Å². The van der Waals surface area contributed by atoms with Crippen molar-refractivity contribution in [2.45, 2.75) is 65.0 Å². The molecule has 0 aromatic carbocycles. The van der Waals surface area contributed by atoms with Crippen molar-refractivity contribution >= 4 is 0 Å². The van der Waals surface area contributed by atoms with E-state index >= 15 is 0 Å². The second-order valence-corrected chi connectivity index (χ2v) is 5.48. The zero-order chi connectivity index (χ0) is 13.4. The summed E-state index contributed by atoms with van der Waals surface area (Å²) in [7, 11) is 0. The summed E-state index contributed by atoms with van der Waals surface area (Å²) < 4.78 is 11.6. The first-order chi connectivity index (χ1) is 8.68. The average Bonchev–Trinajstić information content (AvgIpc) is 2.40. The molecule has 0 spiro atoms. The molecule has 1 rings (SSSR count). The summed E-state index contributed by atoms with van der Waals surface area (Å²) in [6.45, 7) is 12.5. The van der Waals surface area contributed by atoms with Crippen LogP contribution in [0, 0.1) is 5.92 Å². The Morgan fingerprint density at radius 3 is 2.44 bits per heavy atom. The van der Waals surface area contributed by atoms with Crippen LogP contribution in [0.3, 0.4) is 0 Å². The van der Waals surface area contributed by atoms with Crippen molar-refractivity contribution in [3.05, 3.63) is 0 Å². The highest BCUT2D eigenvalue weighted by Crippen LogP contribution is 2.31. The van der Waals surface area contributed by atoms with Gasteiger partial charge in [0, 0.05) is 25.9 Å². The Kier molecular flexibility index (Phi) is 7.20. The van der Waals surface area contributed by atoms with E-state index in [0.717, 1.165) is 45.6 Å². The fourth-order valence-electron chi connectivity index (χ4n) is 2.97. The van der Waals surface area contributed by atoms with Crippen molar-refractivity contribution < 1.29 is 9.47 Å². The van der Waals surface area contributed by atoms with E-state index in [0.29, 0.717) is 12.0 Å². The van der Waals surface area contributed by atoms with E-state index in [-0.39, 0.29) is 5.60 Å². The van der Waals surface area contributed by atoms with Crippen LogP contribution in [-0.2, 0) is 9.47 Å². The molecule has 1 aliphatic heterocycles. The molecule has 0 amide bonds. The second kappa shape index (κ2) is 8.13. The highest BCUT2D eigenvalue weighted by Gasteiger charge is 2.38. The molecule has 2 unspecified atom stereocenters. The highest BCUT2D eigenvalue weighted by atomic mass is 16.5. The van der Waals surface area contributed by atoms with Gasteiger partial charge in [0.05, 0.1) is 5.60 Å². The summed E-state index contributed by atoms with van der Waals surface area (Å²) in [5, 5.41) is 3.73. The topological polar surface area (TPSA) is 30.5 Å². The molecule has 18 heavy (non-hydrogen) atoms. The number of rotatable bonds is 8. The normalized spacial score (nSPS) is 22.7. The van der Waals surface area contributed by atoms with E-state index in [4.69, 9.17) is 9.47 Å². The minimum atomic E-state index is -0.0497. The molecule has 3 nitrogen and oxygen atoms in total. The maximum absolute atomic E-state index is 6.09. The molecule has 1 fully saturated rings. The van der Waals surface area contributed by atoms with Gasteiger partial charge in [-0.3, -0.25) is 0 Å². The molecule has 1 saturated heterocycles. The van der Waals surface area contributed by atoms with Gasteiger partial charge in [-0.15, -0.1) is 0 Å². The lowest BCUT2D eigenvalue weighted by Gasteiger charge is -2.43. The summed E-state index contributed by atoms with van der Waals surface area (Å²) in [6, 6.07) is 0.450. The summed E-state index contributed by atoms with van der Waals surface area (Å²) in [5.74, 6) is 0.682. The standard InChI is InChI=1S/C15H31NO2/c1-5-10-16-14(13-8-11-17-12-9-13)15(4,6-2)18-7-3/h13-14,16H,5-12H2,1-4H3. The van der Waals surface area contributed by atoms with Gasteiger partial charge in [-0.05, 0) is 52.0 Å². The minimum Gasteiger partial charge on any atom is -0.381 e. The fourth-order valence-corrected chi connectivity index (χ4v) is 2.97. The van der Waals surface area contributed by atoms with Crippen LogP contribution < -0.4 is 5.32 Å². The van der Waals surface area contributed by atoms with E-state index in [1.54, 1.807) is 0 Å². The van der Waals surface area contributed by atoms with Gasteiger partial charge in [0.2, 0.25) is 0 Å². The van der Waals surface area contributed by atoms with Crippen LogP contribution in [0.1, 0.15) is 53.4 Å². The third kappa shape index (κ3) is 4.22. The Bertz CT molecular complexity index is 217. The van der Waals surface area contributed by atoms with Crippen molar-refractivity contribution in [3.8, 4) is 0 Å². The lowest BCUT2D eigenvalue weighted by atomic mass is 9.79. The van der Waals surface area contributed by atoms with E-state index in [9.17, 15) is 0 Å². The summed E-state index contributed by atoms with van der Waals surface area (Å²) in [5.41, 5.74) is -0.0497. The van der Waals surface area contributed by atoms with E-state index in [2.05, 4.69) is 33.0 Å². The molecule has 0 aromatic heterocycles. The SMILES string of the molecule is CCCNC(C1CCOCC1)C(C)(CC)OCC. The van der Waals surface area contributed by atoms with E-state index < -0.39 is 0 Å². The Morgan fingerprint density at radius 2 is 1.94 bits per heavy atom. The van der Waals surface area contributed by atoms with Gasteiger partial charge in [0.25, 0.3) is 0 Å². The molecule has 1 aliphatic rings. The van der Waals surface area contributed by atoms with Crippen molar-refractivity contribution in [1.82, 2.24) is 5.32 Å². The Hall–Kier alpha value is -0.120. The molecular weight excluding hydrogens is 226 g/mol. The van der Waals surface area contributed by atoms with Crippen LogP contribution in [0.15, 0.2) is 0 Å². The largest absolute Gasteiger partial charge is 0.381 e. The van der Waals surface area contributed by atoms with Crippen LogP contribution in [0.2, 0.25) is 0 Å². The number of ether oxygens (including phenoxy) is 2. The van der Waals surface area contributed by atoms with Crippen LogP contribution in [0.25, 0.3) is 0 Å². The zero-order valence-corrected chi connectivity index (χ0v) is 12.6. The smallest absolute Gasteiger partial charge is 0.0806 e. The summed E-state index contributed by atoms with van der Waals surface area (Å²) in [4.78, 5) is 0. The third-order valence-electron chi connectivity index (χ3n) is 4.19. The van der Waals surface area contributed by atoms with Crippen LogP contribution in [0.4, 0.5) is 0 Å². The zero-order valence-electron chi connectivity index (χ0n) is 12.6. The molecule has 3 heteroatoms. The first kappa shape index (κ1) is 15.9. The maximum atomic E-state index is 6.09. The molecule has 0 radical (unpaired) electrons. The molecular formula is C15H31NO2. The molecule has 1 N–H and O–H groups in total. The lowest BCUT2D eigenvalue weighted by molar-refractivity contribution is -0.0819. The quantitative estimate of drug-likeness (QED) is 0.725. The van der Waals surface area contributed by atoms with Gasteiger partial charge in [0.15, 0.2) is 0 Å². The van der Waals surface area contributed by atoms with Gasteiger partial charge >= 0.3 is 0 Å². The average molecular weight is 257 g/mol. The minimum absolute atomic E-state index is 0.0497. The summed E-state index contributed by atoms with van der Waals surface area (Å²) in [6.07, 6.45) is 4.54. The van der Waals surface area contributed by atoms with Gasteiger partial charge in [-0.25, -0.2) is 0 Å². The van der Waals surface area contributed by atoms with Gasteiger partial charge in [-0.1, -0.05) is 13.8 Å². The Morgan fingerprint density at radius 1 is 1.28 bits per heavy atom. The maximum Gasteiger partial charge on any atom is 0.0806 e.